The summed E-state index contributed by atoms with van der Waals surface area (Å²) in [5.74, 6) is 2.16. The van der Waals surface area contributed by atoms with E-state index in [0.717, 1.165) is 5.75 Å². The first-order valence-electron chi connectivity index (χ1n) is 6.04. The molecule has 0 unspecified atom stereocenters. The molecule has 0 atom stereocenters. The van der Waals surface area contributed by atoms with Crippen molar-refractivity contribution in [1.82, 2.24) is 0 Å². The summed E-state index contributed by atoms with van der Waals surface area (Å²) in [7, 11) is 0. The molecule has 100 valence electrons. The fourth-order valence-corrected chi connectivity index (χ4v) is 1.93. The monoisotopic (exact) mass is 369 g/mol. The van der Waals surface area contributed by atoms with E-state index in [1.807, 2.05) is 50.2 Å². The topological polar surface area (TPSA) is 44.5 Å². The molecule has 0 aliphatic rings. The number of halogens is 1. The first-order valence-corrected chi connectivity index (χ1v) is 7.12. The van der Waals surface area contributed by atoms with Crippen LogP contribution >= 0.6 is 22.6 Å². The first kappa shape index (κ1) is 14.0. The Morgan fingerprint density at radius 3 is 2.26 bits per heavy atom. The maximum absolute atomic E-state index is 5.87. The lowest BCUT2D eigenvalue weighted by atomic mass is 10.2. The minimum Gasteiger partial charge on any atom is -0.489 e. The molecule has 2 aromatic carbocycles. The quantitative estimate of drug-likeness (QED) is 0.640. The summed E-state index contributed by atoms with van der Waals surface area (Å²) in [6, 6.07) is 13.3. The molecule has 0 spiro atoms. The lowest BCUT2D eigenvalue weighted by Crippen LogP contribution is -2.07. The van der Waals surface area contributed by atoms with Gasteiger partial charge in [0.05, 0.1) is 11.8 Å². The van der Waals surface area contributed by atoms with Crippen molar-refractivity contribution in [2.75, 3.05) is 5.73 Å². The molecule has 4 heteroatoms. The highest BCUT2D eigenvalue weighted by Gasteiger charge is 2.06. The normalized spacial score (nSPS) is 10.5. The minimum atomic E-state index is 0.0795. The first-order chi connectivity index (χ1) is 9.04. The maximum atomic E-state index is 5.87. The summed E-state index contributed by atoms with van der Waals surface area (Å²) < 4.78 is 12.6. The number of ether oxygens (including phenoxy) is 2. The van der Waals surface area contributed by atoms with Gasteiger partial charge in [-0.1, -0.05) is 0 Å². The highest BCUT2D eigenvalue weighted by atomic mass is 127. The Hall–Kier alpha value is -1.43. The third kappa shape index (κ3) is 4.02. The van der Waals surface area contributed by atoms with Crippen LogP contribution in [-0.2, 0) is 0 Å². The van der Waals surface area contributed by atoms with Crippen molar-refractivity contribution in [2.24, 2.45) is 0 Å². The smallest absolute Gasteiger partial charge is 0.146 e. The Morgan fingerprint density at radius 1 is 1.00 bits per heavy atom. The SMILES string of the molecule is CC(C)Oc1cc(Oc2ccc(I)cc2)ccc1N. The fourth-order valence-electron chi connectivity index (χ4n) is 1.57. The van der Waals surface area contributed by atoms with E-state index in [9.17, 15) is 0 Å². The van der Waals surface area contributed by atoms with Gasteiger partial charge in [-0.2, -0.15) is 0 Å². The van der Waals surface area contributed by atoms with Crippen LogP contribution in [0.4, 0.5) is 5.69 Å². The van der Waals surface area contributed by atoms with Crippen molar-refractivity contribution >= 4 is 28.3 Å². The van der Waals surface area contributed by atoms with E-state index in [1.54, 1.807) is 6.07 Å². The summed E-state index contributed by atoms with van der Waals surface area (Å²) in [4.78, 5) is 0. The number of anilines is 1. The third-order valence-corrected chi connectivity index (χ3v) is 3.12. The minimum absolute atomic E-state index is 0.0795. The van der Waals surface area contributed by atoms with Gasteiger partial charge in [-0.05, 0) is 72.8 Å². The van der Waals surface area contributed by atoms with E-state index in [2.05, 4.69) is 22.6 Å². The van der Waals surface area contributed by atoms with Crippen molar-refractivity contribution in [3.63, 3.8) is 0 Å². The van der Waals surface area contributed by atoms with E-state index in [0.29, 0.717) is 17.2 Å². The lowest BCUT2D eigenvalue weighted by molar-refractivity contribution is 0.243. The van der Waals surface area contributed by atoms with Gasteiger partial charge in [0.15, 0.2) is 0 Å². The second-order valence-electron chi connectivity index (χ2n) is 4.42. The van der Waals surface area contributed by atoms with Gasteiger partial charge < -0.3 is 15.2 Å². The van der Waals surface area contributed by atoms with Crippen LogP contribution in [0.3, 0.4) is 0 Å². The van der Waals surface area contributed by atoms with Gasteiger partial charge in [0.1, 0.15) is 17.2 Å². The number of benzene rings is 2. The Kier molecular flexibility index (Phi) is 4.52. The van der Waals surface area contributed by atoms with Crippen LogP contribution in [0.2, 0.25) is 0 Å². The molecule has 3 nitrogen and oxygen atoms in total. The van der Waals surface area contributed by atoms with Crippen molar-refractivity contribution in [1.29, 1.82) is 0 Å². The molecule has 0 bridgehead atoms. The van der Waals surface area contributed by atoms with Crippen LogP contribution in [0.1, 0.15) is 13.8 Å². The van der Waals surface area contributed by atoms with Crippen molar-refractivity contribution < 1.29 is 9.47 Å². The molecule has 0 aliphatic carbocycles. The fraction of sp³-hybridized carbons (Fsp3) is 0.200. The summed E-state index contributed by atoms with van der Waals surface area (Å²) in [5.41, 5.74) is 6.48. The molecule has 0 fully saturated rings. The molecular weight excluding hydrogens is 353 g/mol. The molecule has 2 aromatic rings. The highest BCUT2D eigenvalue weighted by molar-refractivity contribution is 14.1. The van der Waals surface area contributed by atoms with E-state index >= 15 is 0 Å². The van der Waals surface area contributed by atoms with Gasteiger partial charge in [0, 0.05) is 9.64 Å². The maximum Gasteiger partial charge on any atom is 0.146 e. The van der Waals surface area contributed by atoms with Crippen molar-refractivity contribution in [2.45, 2.75) is 20.0 Å². The zero-order valence-corrected chi connectivity index (χ0v) is 13.0. The largest absolute Gasteiger partial charge is 0.489 e. The molecule has 0 radical (unpaired) electrons. The second-order valence-corrected chi connectivity index (χ2v) is 5.67. The number of nitrogens with two attached hydrogens (primary N) is 1. The van der Waals surface area contributed by atoms with Gasteiger partial charge in [-0.25, -0.2) is 0 Å². The Morgan fingerprint density at radius 2 is 1.63 bits per heavy atom. The number of nitrogen functional groups attached to an aromatic ring is 1. The standard InChI is InChI=1S/C15H16INO2/c1-10(2)18-15-9-13(7-8-14(15)17)19-12-5-3-11(16)4-6-12/h3-10H,17H2,1-2H3. The van der Waals surface area contributed by atoms with Gasteiger partial charge in [0.25, 0.3) is 0 Å². The summed E-state index contributed by atoms with van der Waals surface area (Å²) in [6.07, 6.45) is 0.0795. The van der Waals surface area contributed by atoms with Crippen LogP contribution in [0.15, 0.2) is 42.5 Å². The molecule has 0 aliphatic heterocycles. The second kappa shape index (κ2) is 6.14. The lowest BCUT2D eigenvalue weighted by Gasteiger charge is -2.13. The third-order valence-electron chi connectivity index (χ3n) is 2.40. The van der Waals surface area contributed by atoms with Gasteiger partial charge in [-0.15, -0.1) is 0 Å². The molecule has 0 saturated heterocycles. The average Bonchev–Trinajstić information content (AvgIpc) is 2.36. The predicted octanol–water partition coefficient (Wildman–Crippen LogP) is 4.45. The van der Waals surface area contributed by atoms with E-state index in [-0.39, 0.29) is 6.10 Å². The molecular formula is C15H16INO2. The molecule has 0 heterocycles. The number of hydrogen-bond acceptors (Lipinski definition) is 3. The van der Waals surface area contributed by atoms with Crippen LogP contribution in [0.5, 0.6) is 17.2 Å². The molecule has 0 aromatic heterocycles. The van der Waals surface area contributed by atoms with Crippen LogP contribution < -0.4 is 15.2 Å². The van der Waals surface area contributed by atoms with Crippen LogP contribution in [-0.4, -0.2) is 6.10 Å². The molecule has 2 N–H and O–H groups in total. The van der Waals surface area contributed by atoms with Crippen molar-refractivity contribution in [3.05, 3.63) is 46.0 Å². The summed E-state index contributed by atoms with van der Waals surface area (Å²) in [5, 5.41) is 0. The molecule has 0 amide bonds. The average molecular weight is 369 g/mol. The van der Waals surface area contributed by atoms with Gasteiger partial charge in [-0.3, -0.25) is 0 Å². The van der Waals surface area contributed by atoms with Crippen LogP contribution in [0, 0.1) is 3.57 Å². The molecule has 0 saturated carbocycles. The Bertz CT molecular complexity index is 553. The van der Waals surface area contributed by atoms with Gasteiger partial charge in [0.2, 0.25) is 0 Å². The number of rotatable bonds is 4. The zero-order chi connectivity index (χ0) is 13.8. The highest BCUT2D eigenvalue weighted by Crippen LogP contribution is 2.30. The van der Waals surface area contributed by atoms with E-state index in [4.69, 9.17) is 15.2 Å². The van der Waals surface area contributed by atoms with E-state index in [1.165, 1.54) is 3.57 Å². The molecule has 19 heavy (non-hydrogen) atoms. The number of hydrogen-bond donors (Lipinski definition) is 1. The van der Waals surface area contributed by atoms with E-state index < -0.39 is 0 Å². The van der Waals surface area contributed by atoms with Crippen LogP contribution in [0.25, 0.3) is 0 Å². The Labute approximate surface area is 126 Å². The summed E-state index contributed by atoms with van der Waals surface area (Å²) in [6.45, 7) is 3.93. The summed E-state index contributed by atoms with van der Waals surface area (Å²) >= 11 is 2.26. The predicted molar refractivity (Wildman–Crippen MR) is 85.9 cm³/mol. The van der Waals surface area contributed by atoms with Gasteiger partial charge >= 0.3 is 0 Å². The van der Waals surface area contributed by atoms with Crippen molar-refractivity contribution in [3.8, 4) is 17.2 Å². The Balaban J connectivity index is 2.18. The zero-order valence-electron chi connectivity index (χ0n) is 10.9. The molecule has 2 rings (SSSR count).